The Balaban J connectivity index is 1.57. The molecule has 9 nitrogen and oxygen atoms in total. The largest absolute Gasteiger partial charge is 0.382 e. The molecule has 4 N–H and O–H groups in total. The number of nitrogen functional groups attached to an aromatic ring is 1. The third-order valence-corrected chi connectivity index (χ3v) is 8.18. The van der Waals surface area contributed by atoms with E-state index in [0.717, 1.165) is 36.5 Å². The molecule has 1 atom stereocenters. The first-order valence-electron chi connectivity index (χ1n) is 11.7. The molecule has 10 heteroatoms. The number of nitrogens with zero attached hydrogens (tertiary/aromatic N) is 5. The molecular formula is C23H35N7O2Si. The van der Waals surface area contributed by atoms with Crippen LogP contribution < -0.4 is 11.5 Å². The Kier molecular flexibility index (Phi) is 6.85. The molecule has 0 saturated heterocycles. The maximum Gasteiger partial charge on any atom is 0.242 e. The summed E-state index contributed by atoms with van der Waals surface area (Å²) in [7, 11) is -1.14. The van der Waals surface area contributed by atoms with Gasteiger partial charge in [0.2, 0.25) is 5.91 Å². The van der Waals surface area contributed by atoms with Gasteiger partial charge >= 0.3 is 0 Å². The Hall–Kier alpha value is -2.72. The summed E-state index contributed by atoms with van der Waals surface area (Å²) in [6, 6.07) is 2.57. The summed E-state index contributed by atoms with van der Waals surface area (Å²) in [5.74, 6) is 0.439. The minimum atomic E-state index is -1.14. The average Bonchev–Trinajstić information content (AvgIpc) is 3.48. The lowest BCUT2D eigenvalue weighted by Gasteiger charge is -2.17. The fraction of sp³-hybridized carbons (Fsp3) is 0.565. The van der Waals surface area contributed by atoms with Crippen molar-refractivity contribution in [3.63, 3.8) is 0 Å². The van der Waals surface area contributed by atoms with Gasteiger partial charge in [-0.15, -0.1) is 0 Å². The smallest absolute Gasteiger partial charge is 0.242 e. The molecule has 1 aliphatic carbocycles. The predicted molar refractivity (Wildman–Crippen MR) is 132 cm³/mol. The van der Waals surface area contributed by atoms with Crippen molar-refractivity contribution < 1.29 is 9.53 Å². The van der Waals surface area contributed by atoms with Crippen molar-refractivity contribution in [3.8, 4) is 11.3 Å². The molecule has 1 fully saturated rings. The van der Waals surface area contributed by atoms with E-state index >= 15 is 0 Å². The predicted octanol–water partition coefficient (Wildman–Crippen LogP) is 3.80. The number of ether oxygens (including phenoxy) is 1. The number of aromatic nitrogens is 5. The topological polar surface area (TPSA) is 127 Å². The second-order valence-corrected chi connectivity index (χ2v) is 15.9. The zero-order chi connectivity index (χ0) is 23.6. The lowest BCUT2D eigenvalue weighted by molar-refractivity contribution is -0.121. The van der Waals surface area contributed by atoms with Gasteiger partial charge < -0.3 is 20.8 Å². The summed E-state index contributed by atoms with van der Waals surface area (Å²) in [4.78, 5) is 21.2. The van der Waals surface area contributed by atoms with Crippen LogP contribution in [0, 0.1) is 5.92 Å². The number of anilines is 1. The Labute approximate surface area is 195 Å². The van der Waals surface area contributed by atoms with Crippen LogP contribution in [0.15, 0.2) is 24.8 Å². The normalized spacial score (nSPS) is 16.0. The molecule has 0 aromatic carbocycles. The molecule has 33 heavy (non-hydrogen) atoms. The molecule has 3 aromatic heterocycles. The summed E-state index contributed by atoms with van der Waals surface area (Å²) in [5.41, 5.74) is 14.2. The molecule has 3 heterocycles. The highest BCUT2D eigenvalue weighted by atomic mass is 28.3. The summed E-state index contributed by atoms with van der Waals surface area (Å²) in [6.45, 7) is 8.18. The maximum absolute atomic E-state index is 12.2. The number of hydrogen-bond acceptors (Lipinski definition) is 6. The van der Waals surface area contributed by atoms with E-state index in [1.54, 1.807) is 10.9 Å². The minimum absolute atomic E-state index is 0.326. The van der Waals surface area contributed by atoms with E-state index in [2.05, 4.69) is 34.7 Å². The third kappa shape index (κ3) is 5.44. The number of carbonyl (C=O) groups is 1. The van der Waals surface area contributed by atoms with Crippen LogP contribution in [0.1, 0.15) is 38.1 Å². The first kappa shape index (κ1) is 23.4. The van der Waals surface area contributed by atoms with E-state index in [1.165, 1.54) is 19.2 Å². The van der Waals surface area contributed by atoms with Crippen molar-refractivity contribution in [3.05, 3.63) is 24.8 Å². The number of rotatable bonds is 10. The van der Waals surface area contributed by atoms with Gasteiger partial charge in [-0.05, 0) is 24.4 Å². The van der Waals surface area contributed by atoms with Gasteiger partial charge in [-0.3, -0.25) is 9.48 Å². The highest BCUT2D eigenvalue weighted by molar-refractivity contribution is 6.76. The number of fused-ring (bicyclic) bond motifs is 1. The lowest BCUT2D eigenvalue weighted by atomic mass is 9.98. The zero-order valence-electron chi connectivity index (χ0n) is 19.8. The molecule has 4 rings (SSSR count). The van der Waals surface area contributed by atoms with Crippen molar-refractivity contribution in [1.29, 1.82) is 0 Å². The molecular weight excluding hydrogens is 434 g/mol. The molecule has 1 amide bonds. The number of nitrogens with two attached hydrogens (primary N) is 2. The SMILES string of the molecule is C[Si](C)(C)CCOCn1ccc2c(-c3cn([C@H](CC4CCCC4)C(N)=O)nc3N)ncnc21. The Morgan fingerprint density at radius 3 is 2.73 bits per heavy atom. The maximum atomic E-state index is 12.2. The van der Waals surface area contributed by atoms with Gasteiger partial charge in [0.25, 0.3) is 0 Å². The fourth-order valence-corrected chi connectivity index (χ4v) is 5.28. The molecule has 0 aliphatic heterocycles. The van der Waals surface area contributed by atoms with E-state index in [1.807, 2.05) is 16.8 Å². The van der Waals surface area contributed by atoms with Crippen LogP contribution in [-0.2, 0) is 16.3 Å². The van der Waals surface area contributed by atoms with Gasteiger partial charge in [0.05, 0.1) is 11.3 Å². The van der Waals surface area contributed by atoms with Crippen LogP contribution >= 0.6 is 0 Å². The third-order valence-electron chi connectivity index (χ3n) is 6.48. The molecule has 1 aliphatic rings. The van der Waals surface area contributed by atoms with Gasteiger partial charge in [-0.25, -0.2) is 9.97 Å². The van der Waals surface area contributed by atoms with Gasteiger partial charge in [-0.2, -0.15) is 5.10 Å². The van der Waals surface area contributed by atoms with Crippen LogP contribution in [0.3, 0.4) is 0 Å². The first-order chi connectivity index (χ1) is 15.7. The Morgan fingerprint density at radius 2 is 2.03 bits per heavy atom. The second kappa shape index (κ2) is 9.64. The number of carbonyl (C=O) groups excluding carboxylic acids is 1. The van der Waals surface area contributed by atoms with E-state index in [0.29, 0.717) is 36.1 Å². The number of primary amides is 1. The van der Waals surface area contributed by atoms with E-state index in [-0.39, 0.29) is 5.91 Å². The summed E-state index contributed by atoms with van der Waals surface area (Å²) in [6.07, 6.45) is 10.6. The quantitative estimate of drug-likeness (QED) is 0.343. The molecule has 0 unspecified atom stereocenters. The number of amides is 1. The summed E-state index contributed by atoms with van der Waals surface area (Å²) >= 11 is 0. The number of hydrogen-bond donors (Lipinski definition) is 2. The Morgan fingerprint density at radius 1 is 1.27 bits per heavy atom. The molecule has 1 saturated carbocycles. The average molecular weight is 470 g/mol. The van der Waals surface area contributed by atoms with Gasteiger partial charge in [-0.1, -0.05) is 45.3 Å². The molecule has 0 bridgehead atoms. The van der Waals surface area contributed by atoms with Crippen molar-refractivity contribution in [2.45, 2.75) is 70.6 Å². The van der Waals surface area contributed by atoms with Crippen LogP contribution in [0.4, 0.5) is 5.82 Å². The summed E-state index contributed by atoms with van der Waals surface area (Å²) in [5, 5.41) is 5.32. The van der Waals surface area contributed by atoms with Crippen LogP contribution in [0.2, 0.25) is 25.7 Å². The van der Waals surface area contributed by atoms with Gasteiger partial charge in [0, 0.05) is 32.5 Å². The highest BCUT2D eigenvalue weighted by Crippen LogP contribution is 2.34. The van der Waals surface area contributed by atoms with Gasteiger partial charge in [0.15, 0.2) is 5.82 Å². The van der Waals surface area contributed by atoms with E-state index < -0.39 is 14.1 Å². The van der Waals surface area contributed by atoms with Gasteiger partial charge in [0.1, 0.15) is 24.7 Å². The van der Waals surface area contributed by atoms with Crippen molar-refractivity contribution in [2.24, 2.45) is 11.7 Å². The monoisotopic (exact) mass is 469 g/mol. The van der Waals surface area contributed by atoms with Crippen LogP contribution in [0.25, 0.3) is 22.3 Å². The molecule has 0 spiro atoms. The fourth-order valence-electron chi connectivity index (χ4n) is 4.53. The second-order valence-electron chi connectivity index (χ2n) is 10.3. The summed E-state index contributed by atoms with van der Waals surface area (Å²) < 4.78 is 9.49. The Bertz CT molecular complexity index is 1110. The molecule has 178 valence electrons. The molecule has 0 radical (unpaired) electrons. The lowest BCUT2D eigenvalue weighted by Crippen LogP contribution is -2.28. The van der Waals surface area contributed by atoms with Crippen molar-refractivity contribution in [2.75, 3.05) is 12.3 Å². The minimum Gasteiger partial charge on any atom is -0.382 e. The standard InChI is InChI=1S/C23H35N7O2Si/c1-33(2,3)11-10-32-15-29-9-8-17-20(26-14-27-23(17)29)18-13-30(28-21(18)24)19(22(25)31)12-16-6-4-5-7-16/h8-9,13-14,16,19H,4-7,10-12,15H2,1-3H3,(H2,24,28)(H2,25,31)/t19-/m1/s1. The van der Waals surface area contributed by atoms with E-state index in [9.17, 15) is 4.79 Å². The zero-order valence-corrected chi connectivity index (χ0v) is 20.8. The van der Waals surface area contributed by atoms with Crippen LogP contribution in [-0.4, -0.2) is 44.9 Å². The van der Waals surface area contributed by atoms with E-state index in [4.69, 9.17) is 16.2 Å². The van der Waals surface area contributed by atoms with Crippen molar-refractivity contribution >= 4 is 30.8 Å². The van der Waals surface area contributed by atoms with Crippen molar-refractivity contribution in [1.82, 2.24) is 24.3 Å². The van der Waals surface area contributed by atoms with Crippen LogP contribution in [0.5, 0.6) is 0 Å². The highest BCUT2D eigenvalue weighted by Gasteiger charge is 2.27. The molecule has 3 aromatic rings. The first-order valence-corrected chi connectivity index (χ1v) is 15.5.